The minimum Gasteiger partial charge on any atom is -0.472 e. The maximum absolute atomic E-state index is 7.03. The number of hydrogen-bond donors (Lipinski definition) is 0. The quantitative estimate of drug-likeness (QED) is 0.313. The summed E-state index contributed by atoms with van der Waals surface area (Å²) in [6.07, 6.45) is 0. The Balaban J connectivity index is 1.46. The highest BCUT2D eigenvalue weighted by atomic mass is 16.7. The Kier molecular flexibility index (Phi) is 4.12. The van der Waals surface area contributed by atoms with Crippen molar-refractivity contribution in [2.24, 2.45) is 0 Å². The summed E-state index contributed by atoms with van der Waals surface area (Å²) in [5, 5.41) is 0. The second-order valence-corrected chi connectivity index (χ2v) is 10.8. The van der Waals surface area contributed by atoms with Crippen LogP contribution in [0.25, 0.3) is 22.3 Å². The highest BCUT2D eigenvalue weighted by Gasteiger charge is 2.54. The van der Waals surface area contributed by atoms with E-state index in [-0.39, 0.29) is 11.2 Å². The van der Waals surface area contributed by atoms with Crippen molar-refractivity contribution in [1.29, 1.82) is 0 Å². The van der Waals surface area contributed by atoms with Gasteiger partial charge in [0.15, 0.2) is 5.60 Å². The van der Waals surface area contributed by atoms with E-state index < -0.39 is 12.7 Å². The fourth-order valence-corrected chi connectivity index (χ4v) is 5.81. The molecule has 1 aliphatic carbocycles. The highest BCUT2D eigenvalue weighted by molar-refractivity contribution is 6.62. The lowest BCUT2D eigenvalue weighted by atomic mass is 9.75. The molecule has 0 saturated carbocycles. The smallest absolute Gasteiger partial charge is 0.472 e. The Hall–Kier alpha value is -3.34. The first-order valence-electron chi connectivity index (χ1n) is 12.3. The lowest BCUT2D eigenvalue weighted by molar-refractivity contribution is 0.00578. The van der Waals surface area contributed by atoms with E-state index in [4.69, 9.17) is 14.0 Å². The summed E-state index contributed by atoms with van der Waals surface area (Å²) in [4.78, 5) is 0. The topological polar surface area (TPSA) is 27.7 Å². The van der Waals surface area contributed by atoms with Crippen molar-refractivity contribution in [3.8, 4) is 28.0 Å². The van der Waals surface area contributed by atoms with E-state index in [0.717, 1.165) is 22.3 Å². The molecule has 1 atom stereocenters. The number of hydrogen-bond acceptors (Lipinski definition) is 3. The van der Waals surface area contributed by atoms with Crippen LogP contribution in [0.15, 0.2) is 91.0 Å². The van der Waals surface area contributed by atoms with Crippen LogP contribution in [-0.4, -0.2) is 18.3 Å². The van der Waals surface area contributed by atoms with Gasteiger partial charge in [-0.15, -0.1) is 0 Å². The zero-order chi connectivity index (χ0) is 24.0. The number of rotatable bonds is 1. The van der Waals surface area contributed by atoms with Crippen LogP contribution >= 0.6 is 0 Å². The lowest BCUT2D eigenvalue weighted by Gasteiger charge is -2.39. The first-order chi connectivity index (χ1) is 16.8. The predicted octanol–water partition coefficient (Wildman–Crippen LogP) is 6.32. The fraction of sp³-hybridized carbons (Fsp3) is 0.226. The molecule has 0 radical (unpaired) electrons. The summed E-state index contributed by atoms with van der Waals surface area (Å²) >= 11 is 0. The molecule has 0 amide bonds. The van der Waals surface area contributed by atoms with Crippen LogP contribution in [-0.2, 0) is 14.9 Å². The van der Waals surface area contributed by atoms with Gasteiger partial charge in [-0.25, -0.2) is 0 Å². The first kappa shape index (κ1) is 21.0. The molecule has 1 unspecified atom stereocenters. The van der Waals surface area contributed by atoms with E-state index in [1.165, 1.54) is 27.8 Å². The molecule has 35 heavy (non-hydrogen) atoms. The minimum atomic E-state index is -0.703. The van der Waals surface area contributed by atoms with E-state index in [9.17, 15) is 0 Å². The average molecular weight is 458 g/mol. The van der Waals surface area contributed by atoms with Gasteiger partial charge in [-0.2, -0.15) is 0 Å². The lowest BCUT2D eigenvalue weighted by Crippen LogP contribution is -2.41. The Morgan fingerprint density at radius 3 is 1.71 bits per heavy atom. The van der Waals surface area contributed by atoms with Crippen molar-refractivity contribution < 1.29 is 14.0 Å². The molecule has 2 aliphatic heterocycles. The molecular weight excluding hydrogens is 431 g/mol. The van der Waals surface area contributed by atoms with Crippen molar-refractivity contribution in [2.75, 3.05) is 0 Å². The predicted molar refractivity (Wildman–Crippen MR) is 140 cm³/mol. The average Bonchev–Trinajstić information content (AvgIpc) is 3.26. The highest BCUT2D eigenvalue weighted by Crippen LogP contribution is 2.58. The van der Waals surface area contributed by atoms with Crippen LogP contribution in [0.1, 0.15) is 44.4 Å². The monoisotopic (exact) mass is 458 g/mol. The number of benzene rings is 4. The fourth-order valence-electron chi connectivity index (χ4n) is 5.81. The molecule has 0 bridgehead atoms. The second-order valence-electron chi connectivity index (χ2n) is 10.8. The number of ether oxygens (including phenoxy) is 1. The Morgan fingerprint density at radius 2 is 1.06 bits per heavy atom. The SMILES string of the molecule is CC1(C)OB(c2ccc3c(c2)-c2ccccc2C32Oc3ccccc3-c3ccccc32)OC1(C)C. The minimum absolute atomic E-state index is 0.384. The van der Waals surface area contributed by atoms with Crippen molar-refractivity contribution in [2.45, 2.75) is 44.5 Å². The Morgan fingerprint density at radius 1 is 0.543 bits per heavy atom. The largest absolute Gasteiger partial charge is 0.494 e. The molecule has 0 N–H and O–H groups in total. The third-order valence-electron chi connectivity index (χ3n) is 8.29. The molecule has 0 aromatic heterocycles. The van der Waals surface area contributed by atoms with Gasteiger partial charge in [0, 0.05) is 22.3 Å². The van der Waals surface area contributed by atoms with Gasteiger partial charge in [0.1, 0.15) is 5.75 Å². The van der Waals surface area contributed by atoms with Crippen molar-refractivity contribution in [3.05, 3.63) is 108 Å². The number of para-hydroxylation sites is 1. The molecule has 2 heterocycles. The van der Waals surface area contributed by atoms with Gasteiger partial charge in [0.05, 0.1) is 11.2 Å². The van der Waals surface area contributed by atoms with Gasteiger partial charge in [0.2, 0.25) is 0 Å². The normalized spacial score (nSPS) is 22.2. The standard InChI is InChI=1S/C31H27BO3/c1-29(2)30(3,4)35-32(34-29)20-17-18-27-24(19-20)22-12-6-9-15-26(22)31(27)25-14-8-5-11-21(25)23-13-7-10-16-28(23)33-31/h5-19H,1-4H3. The molecule has 7 rings (SSSR count). The van der Waals surface area contributed by atoms with Gasteiger partial charge in [-0.05, 0) is 55.9 Å². The van der Waals surface area contributed by atoms with E-state index in [1.807, 2.05) is 6.07 Å². The maximum Gasteiger partial charge on any atom is 0.494 e. The van der Waals surface area contributed by atoms with Crippen molar-refractivity contribution in [1.82, 2.24) is 0 Å². The number of fused-ring (bicyclic) bond motifs is 9. The summed E-state index contributed by atoms with van der Waals surface area (Å²) in [5.41, 5.74) is 7.76. The van der Waals surface area contributed by atoms with Gasteiger partial charge < -0.3 is 14.0 Å². The molecule has 3 nitrogen and oxygen atoms in total. The molecule has 4 aromatic rings. The molecule has 172 valence electrons. The van der Waals surface area contributed by atoms with E-state index >= 15 is 0 Å². The van der Waals surface area contributed by atoms with Gasteiger partial charge in [-0.3, -0.25) is 0 Å². The zero-order valence-electron chi connectivity index (χ0n) is 20.5. The van der Waals surface area contributed by atoms with Crippen LogP contribution in [0.5, 0.6) is 5.75 Å². The van der Waals surface area contributed by atoms with Gasteiger partial charge in [0.25, 0.3) is 0 Å². The third-order valence-corrected chi connectivity index (χ3v) is 8.29. The summed E-state index contributed by atoms with van der Waals surface area (Å²) in [7, 11) is -0.408. The van der Waals surface area contributed by atoms with Crippen LogP contribution in [0.3, 0.4) is 0 Å². The molecular formula is C31H27BO3. The van der Waals surface area contributed by atoms with Crippen LogP contribution < -0.4 is 10.2 Å². The van der Waals surface area contributed by atoms with E-state index in [0.29, 0.717) is 0 Å². The molecule has 4 heteroatoms. The third kappa shape index (κ3) is 2.70. The Labute approximate surface area is 206 Å². The van der Waals surface area contributed by atoms with Crippen LogP contribution in [0.4, 0.5) is 0 Å². The summed E-state index contributed by atoms with van der Waals surface area (Å²) in [5.74, 6) is 0.906. The van der Waals surface area contributed by atoms with Crippen LogP contribution in [0.2, 0.25) is 0 Å². The van der Waals surface area contributed by atoms with Gasteiger partial charge >= 0.3 is 7.12 Å². The molecule has 3 aliphatic rings. The van der Waals surface area contributed by atoms with E-state index in [2.05, 4.69) is 113 Å². The summed E-state index contributed by atoms with van der Waals surface area (Å²) < 4.78 is 19.8. The van der Waals surface area contributed by atoms with Crippen molar-refractivity contribution >= 4 is 12.6 Å². The zero-order valence-corrected chi connectivity index (χ0v) is 20.5. The first-order valence-corrected chi connectivity index (χ1v) is 12.3. The van der Waals surface area contributed by atoms with E-state index in [1.54, 1.807) is 0 Å². The Bertz CT molecular complexity index is 1490. The molecule has 1 saturated heterocycles. The summed E-state index contributed by atoms with van der Waals surface area (Å²) in [6, 6.07) is 32.2. The second kappa shape index (κ2) is 6.87. The van der Waals surface area contributed by atoms with Crippen molar-refractivity contribution in [3.63, 3.8) is 0 Å². The molecule has 1 fully saturated rings. The van der Waals surface area contributed by atoms with Crippen LogP contribution in [0, 0.1) is 0 Å². The molecule has 1 spiro atoms. The maximum atomic E-state index is 7.03. The summed E-state index contributed by atoms with van der Waals surface area (Å²) in [6.45, 7) is 8.37. The molecule has 4 aromatic carbocycles. The van der Waals surface area contributed by atoms with Gasteiger partial charge in [-0.1, -0.05) is 84.9 Å².